The van der Waals surface area contributed by atoms with E-state index in [0.29, 0.717) is 25.1 Å². The van der Waals surface area contributed by atoms with Gasteiger partial charge in [-0.05, 0) is 49.2 Å². The Balaban J connectivity index is 1.54. The first kappa shape index (κ1) is 21.2. The van der Waals surface area contributed by atoms with Gasteiger partial charge in [0.25, 0.3) is 11.8 Å². The van der Waals surface area contributed by atoms with Crippen molar-refractivity contribution >= 4 is 17.5 Å². The standard InChI is InChI=1S/C21H19F4N3O3/c22-14-5-7-15(8-6-14)28-13-20(31-11-18(28)29)9-2-10-27(12-20)19(30)16-3-1-4-17(26-16)21(23,24)25/h1,3-8H,2,9-13H2. The van der Waals surface area contributed by atoms with Crippen LogP contribution in [0.25, 0.3) is 0 Å². The van der Waals surface area contributed by atoms with E-state index in [1.165, 1.54) is 40.1 Å². The van der Waals surface area contributed by atoms with Crippen molar-refractivity contribution in [3.8, 4) is 0 Å². The molecule has 4 rings (SSSR count). The number of morpholine rings is 1. The van der Waals surface area contributed by atoms with E-state index < -0.39 is 29.2 Å². The topological polar surface area (TPSA) is 62.7 Å². The zero-order valence-corrected chi connectivity index (χ0v) is 16.4. The lowest BCUT2D eigenvalue weighted by Crippen LogP contribution is -2.62. The molecular formula is C21H19F4N3O3. The van der Waals surface area contributed by atoms with E-state index in [4.69, 9.17) is 4.74 Å². The number of halogens is 4. The Morgan fingerprint density at radius 3 is 2.55 bits per heavy atom. The van der Waals surface area contributed by atoms with Crippen LogP contribution in [0.15, 0.2) is 42.5 Å². The number of anilines is 1. The molecule has 2 saturated heterocycles. The van der Waals surface area contributed by atoms with Gasteiger partial charge in [0, 0.05) is 12.2 Å². The number of nitrogens with zero attached hydrogens (tertiary/aromatic N) is 3. The van der Waals surface area contributed by atoms with Crippen LogP contribution in [0.2, 0.25) is 0 Å². The number of ether oxygens (including phenoxy) is 1. The van der Waals surface area contributed by atoms with E-state index in [1.54, 1.807) is 0 Å². The van der Waals surface area contributed by atoms with Crippen molar-refractivity contribution in [2.45, 2.75) is 24.6 Å². The lowest BCUT2D eigenvalue weighted by atomic mass is 9.90. The molecule has 1 unspecified atom stereocenters. The first-order valence-corrected chi connectivity index (χ1v) is 9.70. The summed E-state index contributed by atoms with van der Waals surface area (Å²) < 4.78 is 58.0. The summed E-state index contributed by atoms with van der Waals surface area (Å²) in [4.78, 5) is 31.6. The van der Waals surface area contributed by atoms with Crippen molar-refractivity contribution in [1.82, 2.24) is 9.88 Å². The fraction of sp³-hybridized carbons (Fsp3) is 0.381. The maximum absolute atomic E-state index is 13.3. The predicted molar refractivity (Wildman–Crippen MR) is 102 cm³/mol. The number of rotatable bonds is 2. The maximum Gasteiger partial charge on any atom is 0.433 e. The molecule has 6 nitrogen and oxygen atoms in total. The minimum Gasteiger partial charge on any atom is -0.361 e. The molecule has 0 N–H and O–H groups in total. The lowest BCUT2D eigenvalue weighted by molar-refractivity contribution is -0.144. The highest BCUT2D eigenvalue weighted by atomic mass is 19.4. The van der Waals surface area contributed by atoms with Gasteiger partial charge >= 0.3 is 6.18 Å². The van der Waals surface area contributed by atoms with Gasteiger partial charge in [0.2, 0.25) is 0 Å². The second-order valence-corrected chi connectivity index (χ2v) is 7.66. The molecule has 0 bridgehead atoms. The van der Waals surface area contributed by atoms with Crippen LogP contribution in [0.5, 0.6) is 0 Å². The number of carbonyl (C=O) groups is 2. The van der Waals surface area contributed by atoms with Gasteiger partial charge in [-0.2, -0.15) is 13.2 Å². The third kappa shape index (κ3) is 4.39. The van der Waals surface area contributed by atoms with Crippen molar-refractivity contribution < 1.29 is 31.9 Å². The van der Waals surface area contributed by atoms with Crippen molar-refractivity contribution in [3.63, 3.8) is 0 Å². The molecule has 1 atom stereocenters. The Morgan fingerprint density at radius 2 is 1.84 bits per heavy atom. The summed E-state index contributed by atoms with van der Waals surface area (Å²) in [6.07, 6.45) is -3.53. The van der Waals surface area contributed by atoms with Crippen molar-refractivity contribution in [3.05, 3.63) is 59.7 Å². The Kier molecular flexibility index (Phi) is 5.42. The molecule has 2 aliphatic rings. The number of hydrogen-bond donors (Lipinski definition) is 0. The van der Waals surface area contributed by atoms with E-state index in [9.17, 15) is 27.2 Å². The van der Waals surface area contributed by atoms with Gasteiger partial charge in [0.1, 0.15) is 29.4 Å². The Bertz CT molecular complexity index is 996. The van der Waals surface area contributed by atoms with Gasteiger partial charge < -0.3 is 14.5 Å². The smallest absolute Gasteiger partial charge is 0.361 e. The Morgan fingerprint density at radius 1 is 1.10 bits per heavy atom. The molecule has 0 aliphatic carbocycles. The first-order valence-electron chi connectivity index (χ1n) is 9.70. The van der Waals surface area contributed by atoms with Crippen LogP contribution >= 0.6 is 0 Å². The first-order chi connectivity index (χ1) is 14.7. The number of hydrogen-bond acceptors (Lipinski definition) is 4. The highest BCUT2D eigenvalue weighted by Gasteiger charge is 2.45. The molecule has 1 spiro atoms. The fourth-order valence-corrected chi connectivity index (χ4v) is 3.96. The average molecular weight is 437 g/mol. The fourth-order valence-electron chi connectivity index (χ4n) is 3.96. The van der Waals surface area contributed by atoms with Crippen LogP contribution in [0.1, 0.15) is 29.0 Å². The predicted octanol–water partition coefficient (Wildman–Crippen LogP) is 3.28. The van der Waals surface area contributed by atoms with Gasteiger partial charge in [-0.25, -0.2) is 9.37 Å². The number of aromatic nitrogens is 1. The molecule has 1 aromatic heterocycles. The molecule has 3 heterocycles. The van der Waals surface area contributed by atoms with E-state index in [0.717, 1.165) is 12.1 Å². The molecule has 10 heteroatoms. The summed E-state index contributed by atoms with van der Waals surface area (Å²) >= 11 is 0. The second kappa shape index (κ2) is 7.92. The van der Waals surface area contributed by atoms with Crippen LogP contribution in [-0.2, 0) is 15.7 Å². The minimum absolute atomic E-state index is 0.106. The number of piperidine rings is 1. The number of pyridine rings is 1. The molecule has 0 saturated carbocycles. The molecule has 31 heavy (non-hydrogen) atoms. The number of carbonyl (C=O) groups excluding carboxylic acids is 2. The highest BCUT2D eigenvalue weighted by molar-refractivity contribution is 5.95. The van der Waals surface area contributed by atoms with Gasteiger partial charge in [0.05, 0.1) is 13.1 Å². The molecule has 1 aromatic carbocycles. The van der Waals surface area contributed by atoms with Crippen LogP contribution in [0, 0.1) is 5.82 Å². The summed E-state index contributed by atoms with van der Waals surface area (Å²) in [7, 11) is 0. The summed E-state index contributed by atoms with van der Waals surface area (Å²) in [5.74, 6) is -1.35. The Labute approximate surface area is 175 Å². The highest BCUT2D eigenvalue weighted by Crippen LogP contribution is 2.33. The largest absolute Gasteiger partial charge is 0.433 e. The summed E-state index contributed by atoms with van der Waals surface area (Å²) in [5, 5.41) is 0. The van der Waals surface area contributed by atoms with Crippen LogP contribution in [0.4, 0.5) is 23.2 Å². The van der Waals surface area contributed by atoms with E-state index in [1.807, 2.05) is 0 Å². The number of likely N-dealkylation sites (tertiary alicyclic amines) is 1. The molecule has 164 valence electrons. The van der Waals surface area contributed by atoms with E-state index in [-0.39, 0.29) is 31.3 Å². The van der Waals surface area contributed by atoms with Crippen molar-refractivity contribution in [2.75, 3.05) is 31.1 Å². The zero-order chi connectivity index (χ0) is 22.2. The number of amides is 2. The summed E-state index contributed by atoms with van der Waals surface area (Å²) in [6, 6.07) is 8.69. The SMILES string of the molecule is O=C(c1cccc(C(F)(F)F)n1)N1CCCC2(C1)CN(c1ccc(F)cc1)C(=O)CO2. The summed E-state index contributed by atoms with van der Waals surface area (Å²) in [5.41, 5.74) is -1.78. The third-order valence-electron chi connectivity index (χ3n) is 5.47. The van der Waals surface area contributed by atoms with Crippen molar-refractivity contribution in [2.24, 2.45) is 0 Å². The second-order valence-electron chi connectivity index (χ2n) is 7.66. The van der Waals surface area contributed by atoms with Crippen LogP contribution < -0.4 is 4.90 Å². The molecular weight excluding hydrogens is 418 g/mol. The monoisotopic (exact) mass is 437 g/mol. The van der Waals surface area contributed by atoms with E-state index >= 15 is 0 Å². The van der Waals surface area contributed by atoms with Gasteiger partial charge in [0.15, 0.2) is 0 Å². The van der Waals surface area contributed by atoms with Crippen LogP contribution in [-0.4, -0.2) is 53.5 Å². The number of alkyl halides is 3. The number of benzene rings is 1. The zero-order valence-electron chi connectivity index (χ0n) is 16.4. The Hall–Kier alpha value is -3.01. The third-order valence-corrected chi connectivity index (χ3v) is 5.47. The molecule has 2 amide bonds. The summed E-state index contributed by atoms with van der Waals surface area (Å²) in [6.45, 7) is 0.388. The maximum atomic E-state index is 13.3. The van der Waals surface area contributed by atoms with Crippen molar-refractivity contribution in [1.29, 1.82) is 0 Å². The molecule has 2 aromatic rings. The van der Waals surface area contributed by atoms with Gasteiger partial charge in [-0.1, -0.05) is 6.07 Å². The van der Waals surface area contributed by atoms with Gasteiger partial charge in [-0.15, -0.1) is 0 Å². The molecule has 2 aliphatic heterocycles. The normalized spacial score (nSPS) is 22.1. The quantitative estimate of drug-likeness (QED) is 0.677. The van der Waals surface area contributed by atoms with E-state index in [2.05, 4.69) is 4.98 Å². The minimum atomic E-state index is -4.65. The lowest BCUT2D eigenvalue weighted by Gasteiger charge is -2.47. The average Bonchev–Trinajstić information content (AvgIpc) is 2.75. The molecule has 0 radical (unpaired) electrons. The molecule has 2 fully saturated rings. The van der Waals surface area contributed by atoms with Crippen LogP contribution in [0.3, 0.4) is 0 Å². The van der Waals surface area contributed by atoms with Gasteiger partial charge in [-0.3, -0.25) is 9.59 Å².